The zero-order valence-electron chi connectivity index (χ0n) is 10.3. The second-order valence-electron chi connectivity index (χ2n) is 4.09. The van der Waals surface area contributed by atoms with E-state index in [1.54, 1.807) is 24.5 Å². The van der Waals surface area contributed by atoms with Crippen LogP contribution in [-0.4, -0.2) is 10.9 Å². The van der Waals surface area contributed by atoms with Crippen molar-refractivity contribution in [1.82, 2.24) is 10.3 Å². The van der Waals surface area contributed by atoms with E-state index in [2.05, 4.69) is 17.2 Å². The van der Waals surface area contributed by atoms with E-state index in [1.165, 1.54) is 0 Å². The molecule has 18 heavy (non-hydrogen) atoms. The SMILES string of the molecule is CCC(NC(=O)c1cccnc1)c1ccccc1. The van der Waals surface area contributed by atoms with Crippen molar-refractivity contribution >= 4 is 5.91 Å². The molecule has 1 unspecified atom stereocenters. The van der Waals surface area contributed by atoms with E-state index in [-0.39, 0.29) is 11.9 Å². The Balaban J connectivity index is 2.10. The molecule has 0 saturated heterocycles. The molecule has 0 aliphatic heterocycles. The molecule has 1 aromatic carbocycles. The van der Waals surface area contributed by atoms with E-state index >= 15 is 0 Å². The van der Waals surface area contributed by atoms with Crippen LogP contribution in [0.15, 0.2) is 54.9 Å². The van der Waals surface area contributed by atoms with Crippen LogP contribution in [0.4, 0.5) is 0 Å². The van der Waals surface area contributed by atoms with Crippen LogP contribution in [0.1, 0.15) is 35.3 Å². The van der Waals surface area contributed by atoms with Crippen LogP contribution in [0.2, 0.25) is 0 Å². The zero-order chi connectivity index (χ0) is 12.8. The van der Waals surface area contributed by atoms with Crippen molar-refractivity contribution < 1.29 is 4.79 Å². The van der Waals surface area contributed by atoms with E-state index in [1.807, 2.05) is 30.3 Å². The van der Waals surface area contributed by atoms with Crippen LogP contribution >= 0.6 is 0 Å². The quantitative estimate of drug-likeness (QED) is 0.892. The smallest absolute Gasteiger partial charge is 0.253 e. The fourth-order valence-electron chi connectivity index (χ4n) is 1.85. The Morgan fingerprint density at radius 1 is 1.22 bits per heavy atom. The van der Waals surface area contributed by atoms with Gasteiger partial charge in [-0.2, -0.15) is 0 Å². The Kier molecular flexibility index (Phi) is 4.07. The van der Waals surface area contributed by atoms with Crippen LogP contribution in [0.3, 0.4) is 0 Å². The summed E-state index contributed by atoms with van der Waals surface area (Å²) >= 11 is 0. The van der Waals surface area contributed by atoms with Gasteiger partial charge in [0.25, 0.3) is 5.91 Å². The third kappa shape index (κ3) is 2.94. The highest BCUT2D eigenvalue weighted by Crippen LogP contribution is 2.16. The van der Waals surface area contributed by atoms with Gasteiger partial charge in [-0.25, -0.2) is 0 Å². The van der Waals surface area contributed by atoms with Gasteiger partial charge in [0.05, 0.1) is 11.6 Å². The number of carbonyl (C=O) groups excluding carboxylic acids is 1. The number of hydrogen-bond acceptors (Lipinski definition) is 2. The van der Waals surface area contributed by atoms with Crippen LogP contribution in [-0.2, 0) is 0 Å². The predicted octanol–water partition coefficient (Wildman–Crippen LogP) is 2.96. The lowest BCUT2D eigenvalue weighted by molar-refractivity contribution is 0.0935. The van der Waals surface area contributed by atoms with Gasteiger partial charge in [-0.15, -0.1) is 0 Å². The van der Waals surface area contributed by atoms with E-state index in [0.717, 1.165) is 12.0 Å². The first-order valence-electron chi connectivity index (χ1n) is 6.07. The third-order valence-electron chi connectivity index (χ3n) is 2.84. The molecule has 2 rings (SSSR count). The maximum absolute atomic E-state index is 12.0. The monoisotopic (exact) mass is 240 g/mol. The standard InChI is InChI=1S/C15H16N2O/c1-2-14(12-7-4-3-5-8-12)17-15(18)13-9-6-10-16-11-13/h3-11,14H,2H2,1H3,(H,17,18). The first-order chi connectivity index (χ1) is 8.81. The fraction of sp³-hybridized carbons (Fsp3) is 0.200. The topological polar surface area (TPSA) is 42.0 Å². The van der Waals surface area contributed by atoms with Crippen molar-refractivity contribution in [2.45, 2.75) is 19.4 Å². The molecule has 3 nitrogen and oxygen atoms in total. The third-order valence-corrected chi connectivity index (χ3v) is 2.84. The molecule has 0 aliphatic carbocycles. The molecule has 0 saturated carbocycles. The van der Waals surface area contributed by atoms with Gasteiger partial charge in [-0.05, 0) is 24.1 Å². The Hall–Kier alpha value is -2.16. The molecular formula is C15H16N2O. The van der Waals surface area contributed by atoms with Gasteiger partial charge in [0, 0.05) is 12.4 Å². The zero-order valence-corrected chi connectivity index (χ0v) is 10.3. The Bertz CT molecular complexity index is 496. The second-order valence-corrected chi connectivity index (χ2v) is 4.09. The highest BCUT2D eigenvalue weighted by atomic mass is 16.1. The minimum Gasteiger partial charge on any atom is -0.345 e. The number of aromatic nitrogens is 1. The van der Waals surface area contributed by atoms with Crippen molar-refractivity contribution in [3.8, 4) is 0 Å². The van der Waals surface area contributed by atoms with Crippen LogP contribution in [0.25, 0.3) is 0 Å². The molecule has 0 bridgehead atoms. The van der Waals surface area contributed by atoms with Gasteiger partial charge >= 0.3 is 0 Å². The van der Waals surface area contributed by atoms with Crippen LogP contribution in [0, 0.1) is 0 Å². The summed E-state index contributed by atoms with van der Waals surface area (Å²) in [5, 5.41) is 3.02. The first-order valence-corrected chi connectivity index (χ1v) is 6.07. The molecule has 92 valence electrons. The Labute approximate surface area is 107 Å². The molecular weight excluding hydrogens is 224 g/mol. The number of benzene rings is 1. The van der Waals surface area contributed by atoms with Crippen molar-refractivity contribution in [2.75, 3.05) is 0 Å². The van der Waals surface area contributed by atoms with Crippen molar-refractivity contribution in [2.24, 2.45) is 0 Å². The Morgan fingerprint density at radius 3 is 2.61 bits per heavy atom. The number of hydrogen-bond donors (Lipinski definition) is 1. The molecule has 1 aromatic heterocycles. The maximum atomic E-state index is 12.0. The number of amides is 1. The molecule has 0 aliphatic rings. The highest BCUT2D eigenvalue weighted by Gasteiger charge is 2.13. The second kappa shape index (κ2) is 5.96. The summed E-state index contributed by atoms with van der Waals surface area (Å²) in [4.78, 5) is 16.0. The lowest BCUT2D eigenvalue weighted by Gasteiger charge is -2.17. The number of pyridine rings is 1. The normalized spacial score (nSPS) is 11.8. The number of rotatable bonds is 4. The summed E-state index contributed by atoms with van der Waals surface area (Å²) in [6, 6.07) is 13.5. The van der Waals surface area contributed by atoms with E-state index < -0.39 is 0 Å². The summed E-state index contributed by atoms with van der Waals surface area (Å²) in [5.74, 6) is -0.0844. The molecule has 2 aromatic rings. The molecule has 1 N–H and O–H groups in total. The summed E-state index contributed by atoms with van der Waals surface area (Å²) in [6.07, 6.45) is 4.09. The number of nitrogens with one attached hydrogen (secondary N) is 1. The minimum absolute atomic E-state index is 0.0407. The highest BCUT2D eigenvalue weighted by molar-refractivity contribution is 5.94. The van der Waals surface area contributed by atoms with E-state index in [0.29, 0.717) is 5.56 Å². The lowest BCUT2D eigenvalue weighted by atomic mass is 10.0. The largest absolute Gasteiger partial charge is 0.345 e. The molecule has 0 spiro atoms. The molecule has 1 heterocycles. The molecule has 1 atom stereocenters. The van der Waals surface area contributed by atoms with Crippen molar-refractivity contribution in [3.63, 3.8) is 0 Å². The van der Waals surface area contributed by atoms with Gasteiger partial charge in [0.1, 0.15) is 0 Å². The lowest BCUT2D eigenvalue weighted by Crippen LogP contribution is -2.28. The summed E-state index contributed by atoms with van der Waals surface area (Å²) < 4.78 is 0. The van der Waals surface area contributed by atoms with Gasteiger partial charge < -0.3 is 5.32 Å². The van der Waals surface area contributed by atoms with Gasteiger partial charge in [0.15, 0.2) is 0 Å². The average Bonchev–Trinajstić information content (AvgIpc) is 2.46. The van der Waals surface area contributed by atoms with Gasteiger partial charge in [-0.3, -0.25) is 9.78 Å². The van der Waals surface area contributed by atoms with Gasteiger partial charge in [0.2, 0.25) is 0 Å². The molecule has 3 heteroatoms. The van der Waals surface area contributed by atoms with Crippen molar-refractivity contribution in [3.05, 3.63) is 66.0 Å². The summed E-state index contributed by atoms with van der Waals surface area (Å²) in [5.41, 5.74) is 1.71. The van der Waals surface area contributed by atoms with Crippen LogP contribution < -0.4 is 5.32 Å². The number of carbonyl (C=O) groups is 1. The van der Waals surface area contributed by atoms with Crippen LogP contribution in [0.5, 0.6) is 0 Å². The summed E-state index contributed by atoms with van der Waals surface area (Å²) in [7, 11) is 0. The molecule has 0 fully saturated rings. The average molecular weight is 240 g/mol. The first kappa shape index (κ1) is 12.3. The number of nitrogens with zero attached hydrogens (tertiary/aromatic N) is 1. The summed E-state index contributed by atoms with van der Waals surface area (Å²) in [6.45, 7) is 2.06. The fourth-order valence-corrected chi connectivity index (χ4v) is 1.85. The van der Waals surface area contributed by atoms with E-state index in [9.17, 15) is 4.79 Å². The molecule has 1 amide bonds. The Morgan fingerprint density at radius 2 is 2.00 bits per heavy atom. The predicted molar refractivity (Wildman–Crippen MR) is 71.2 cm³/mol. The van der Waals surface area contributed by atoms with Crippen molar-refractivity contribution in [1.29, 1.82) is 0 Å². The minimum atomic E-state index is -0.0844. The maximum Gasteiger partial charge on any atom is 0.253 e. The van der Waals surface area contributed by atoms with E-state index in [4.69, 9.17) is 0 Å². The van der Waals surface area contributed by atoms with Gasteiger partial charge in [-0.1, -0.05) is 37.3 Å². The molecule has 0 radical (unpaired) electrons.